The second kappa shape index (κ2) is 6.11. The van der Waals surface area contributed by atoms with Gasteiger partial charge in [-0.15, -0.1) is 0 Å². The summed E-state index contributed by atoms with van der Waals surface area (Å²) in [5, 5.41) is 3.42. The van der Waals surface area contributed by atoms with Crippen LogP contribution in [0.15, 0.2) is 24.5 Å². The molecule has 5 nitrogen and oxygen atoms in total. The maximum atomic E-state index is 12.1. The molecule has 1 atom stereocenters. The van der Waals surface area contributed by atoms with Gasteiger partial charge in [-0.2, -0.15) is 0 Å². The van der Waals surface area contributed by atoms with Crippen LogP contribution in [0.25, 0.3) is 0 Å². The zero-order chi connectivity index (χ0) is 14.6. The lowest BCUT2D eigenvalue weighted by Crippen LogP contribution is -2.46. The van der Waals surface area contributed by atoms with Crippen LogP contribution in [0, 0.1) is 0 Å². The molecular weight excluding hydrogens is 254 g/mol. The first-order valence-electron chi connectivity index (χ1n) is 7.08. The molecule has 0 spiro atoms. The Bertz CT molecular complexity index is 442. The Morgan fingerprint density at radius 3 is 2.95 bits per heavy atom. The van der Waals surface area contributed by atoms with Gasteiger partial charge in [-0.05, 0) is 45.7 Å². The van der Waals surface area contributed by atoms with Gasteiger partial charge in [0.05, 0.1) is 5.69 Å². The van der Waals surface area contributed by atoms with Gasteiger partial charge >= 0.3 is 6.09 Å². The average molecular weight is 277 g/mol. The number of aromatic nitrogens is 1. The molecule has 1 N–H and O–H groups in total. The summed E-state index contributed by atoms with van der Waals surface area (Å²) in [6, 6.07) is 4.14. The molecule has 1 aromatic rings. The average Bonchev–Trinajstić information content (AvgIpc) is 2.38. The van der Waals surface area contributed by atoms with Crippen molar-refractivity contribution >= 4 is 11.8 Å². The molecule has 1 unspecified atom stereocenters. The normalized spacial score (nSPS) is 19.6. The van der Waals surface area contributed by atoms with Gasteiger partial charge in [0.1, 0.15) is 5.60 Å². The third kappa shape index (κ3) is 4.40. The van der Waals surface area contributed by atoms with Gasteiger partial charge < -0.3 is 15.0 Å². The van der Waals surface area contributed by atoms with Crippen LogP contribution in [0.5, 0.6) is 0 Å². The van der Waals surface area contributed by atoms with Gasteiger partial charge in [-0.1, -0.05) is 0 Å². The second-order valence-electron chi connectivity index (χ2n) is 6.15. The number of amides is 1. The van der Waals surface area contributed by atoms with Gasteiger partial charge in [-0.25, -0.2) is 4.79 Å². The van der Waals surface area contributed by atoms with Gasteiger partial charge in [0.2, 0.25) is 0 Å². The summed E-state index contributed by atoms with van der Waals surface area (Å²) < 4.78 is 5.42. The fourth-order valence-corrected chi connectivity index (χ4v) is 2.27. The number of ether oxygens (including phenoxy) is 1. The summed E-state index contributed by atoms with van der Waals surface area (Å²) in [6.07, 6.45) is 5.35. The van der Waals surface area contributed by atoms with E-state index in [4.69, 9.17) is 4.74 Å². The van der Waals surface area contributed by atoms with E-state index in [9.17, 15) is 4.79 Å². The van der Waals surface area contributed by atoms with Crippen LogP contribution in [0.4, 0.5) is 10.5 Å². The third-order valence-corrected chi connectivity index (χ3v) is 3.11. The number of hydrogen-bond donors (Lipinski definition) is 1. The zero-order valence-corrected chi connectivity index (χ0v) is 12.4. The maximum Gasteiger partial charge on any atom is 0.410 e. The molecule has 20 heavy (non-hydrogen) atoms. The van der Waals surface area contributed by atoms with E-state index in [0.29, 0.717) is 6.54 Å². The van der Waals surface area contributed by atoms with Crippen molar-refractivity contribution in [3.05, 3.63) is 24.5 Å². The largest absolute Gasteiger partial charge is 0.444 e. The first kappa shape index (κ1) is 14.6. The number of nitrogens with zero attached hydrogens (tertiary/aromatic N) is 2. The van der Waals surface area contributed by atoms with E-state index in [1.165, 1.54) is 0 Å². The highest BCUT2D eigenvalue weighted by Gasteiger charge is 2.27. The van der Waals surface area contributed by atoms with Crippen molar-refractivity contribution in [2.75, 3.05) is 18.4 Å². The number of nitrogens with one attached hydrogen (secondary N) is 1. The molecule has 0 aliphatic carbocycles. The monoisotopic (exact) mass is 277 g/mol. The van der Waals surface area contributed by atoms with Crippen LogP contribution in [0.3, 0.4) is 0 Å². The van der Waals surface area contributed by atoms with E-state index in [1.54, 1.807) is 17.3 Å². The standard InChI is InChI=1S/C15H23N3O2/c1-15(2,3)20-14(19)18-9-5-7-13(11-18)17-12-6-4-8-16-10-12/h4,6,8,10,13,17H,5,7,9,11H2,1-3H3. The van der Waals surface area contributed by atoms with E-state index in [-0.39, 0.29) is 12.1 Å². The number of likely N-dealkylation sites (tertiary alicyclic amines) is 1. The van der Waals surface area contributed by atoms with Gasteiger partial charge in [0, 0.05) is 31.5 Å². The van der Waals surface area contributed by atoms with E-state index in [2.05, 4.69) is 10.3 Å². The molecule has 0 radical (unpaired) electrons. The number of piperidine rings is 1. The van der Waals surface area contributed by atoms with Crippen LogP contribution in [0.1, 0.15) is 33.6 Å². The number of rotatable bonds is 2. The maximum absolute atomic E-state index is 12.1. The van der Waals surface area contributed by atoms with Crippen LogP contribution in [-0.4, -0.2) is 40.7 Å². The van der Waals surface area contributed by atoms with Crippen molar-refractivity contribution in [2.24, 2.45) is 0 Å². The Morgan fingerprint density at radius 2 is 2.30 bits per heavy atom. The van der Waals surface area contributed by atoms with Crippen molar-refractivity contribution in [2.45, 2.75) is 45.3 Å². The Labute approximate surface area is 120 Å². The van der Waals surface area contributed by atoms with Crippen molar-refractivity contribution in [3.63, 3.8) is 0 Å². The highest BCUT2D eigenvalue weighted by atomic mass is 16.6. The molecule has 1 aliphatic heterocycles. The van der Waals surface area contributed by atoms with Crippen molar-refractivity contribution in [1.29, 1.82) is 0 Å². The fourth-order valence-electron chi connectivity index (χ4n) is 2.27. The van der Waals surface area contributed by atoms with E-state index >= 15 is 0 Å². The third-order valence-electron chi connectivity index (χ3n) is 3.11. The predicted molar refractivity (Wildman–Crippen MR) is 78.7 cm³/mol. The highest BCUT2D eigenvalue weighted by Crippen LogP contribution is 2.18. The molecule has 1 amide bonds. The molecule has 1 saturated heterocycles. The summed E-state index contributed by atoms with van der Waals surface area (Å²) in [5.41, 5.74) is 0.546. The van der Waals surface area contributed by atoms with Crippen molar-refractivity contribution in [3.8, 4) is 0 Å². The number of carbonyl (C=O) groups is 1. The molecule has 1 aliphatic rings. The predicted octanol–water partition coefficient (Wildman–Crippen LogP) is 2.89. The number of anilines is 1. The van der Waals surface area contributed by atoms with Crippen LogP contribution in [0.2, 0.25) is 0 Å². The van der Waals surface area contributed by atoms with E-state index in [0.717, 1.165) is 25.1 Å². The molecule has 2 heterocycles. The first-order valence-corrected chi connectivity index (χ1v) is 7.08. The summed E-state index contributed by atoms with van der Waals surface area (Å²) in [4.78, 5) is 17.9. The smallest absolute Gasteiger partial charge is 0.410 e. The highest BCUT2D eigenvalue weighted by molar-refractivity contribution is 5.68. The molecule has 0 aromatic carbocycles. The van der Waals surface area contributed by atoms with Gasteiger partial charge in [0.15, 0.2) is 0 Å². The minimum Gasteiger partial charge on any atom is -0.444 e. The molecule has 1 aromatic heterocycles. The SMILES string of the molecule is CC(C)(C)OC(=O)N1CCCC(Nc2cccnc2)C1. The molecule has 2 rings (SSSR count). The summed E-state index contributed by atoms with van der Waals surface area (Å²) in [5.74, 6) is 0. The topological polar surface area (TPSA) is 54.5 Å². The molecule has 1 fully saturated rings. The van der Waals surface area contributed by atoms with Crippen molar-refractivity contribution < 1.29 is 9.53 Å². The fraction of sp³-hybridized carbons (Fsp3) is 0.600. The molecular formula is C15H23N3O2. The number of pyridine rings is 1. The van der Waals surface area contributed by atoms with E-state index < -0.39 is 5.60 Å². The van der Waals surface area contributed by atoms with E-state index in [1.807, 2.05) is 32.9 Å². The van der Waals surface area contributed by atoms with Gasteiger partial charge in [-0.3, -0.25) is 4.98 Å². The molecule has 5 heteroatoms. The van der Waals surface area contributed by atoms with Crippen molar-refractivity contribution in [1.82, 2.24) is 9.88 Å². The first-order chi connectivity index (χ1) is 9.44. The Morgan fingerprint density at radius 1 is 1.50 bits per heavy atom. The zero-order valence-electron chi connectivity index (χ0n) is 12.4. The number of hydrogen-bond acceptors (Lipinski definition) is 4. The van der Waals surface area contributed by atoms with Crippen LogP contribution >= 0.6 is 0 Å². The minimum atomic E-state index is -0.444. The summed E-state index contributed by atoms with van der Waals surface area (Å²) >= 11 is 0. The van der Waals surface area contributed by atoms with Crippen LogP contribution in [-0.2, 0) is 4.74 Å². The number of carbonyl (C=O) groups excluding carboxylic acids is 1. The lowest BCUT2D eigenvalue weighted by molar-refractivity contribution is 0.0206. The van der Waals surface area contributed by atoms with Crippen LogP contribution < -0.4 is 5.32 Å². The quantitative estimate of drug-likeness (QED) is 0.903. The Balaban J connectivity index is 1.90. The second-order valence-corrected chi connectivity index (χ2v) is 6.15. The lowest BCUT2D eigenvalue weighted by atomic mass is 10.1. The molecule has 0 saturated carbocycles. The molecule has 110 valence electrons. The van der Waals surface area contributed by atoms with Gasteiger partial charge in [0.25, 0.3) is 0 Å². The minimum absolute atomic E-state index is 0.227. The summed E-state index contributed by atoms with van der Waals surface area (Å²) in [7, 11) is 0. The molecule has 0 bridgehead atoms. The Kier molecular flexibility index (Phi) is 4.47. The Hall–Kier alpha value is -1.78. The lowest BCUT2D eigenvalue weighted by Gasteiger charge is -2.34. The summed E-state index contributed by atoms with van der Waals surface area (Å²) in [6.45, 7) is 7.10.